The van der Waals surface area contributed by atoms with Gasteiger partial charge in [0.05, 0.1) is 18.3 Å². The monoisotopic (exact) mass is 596 g/mol. The van der Waals surface area contributed by atoms with Crippen LogP contribution in [0.4, 0.5) is 0 Å². The van der Waals surface area contributed by atoms with Gasteiger partial charge in [0, 0.05) is 17.7 Å². The van der Waals surface area contributed by atoms with Crippen molar-refractivity contribution in [3.8, 4) is 28.7 Å². The molecule has 10 N–H and O–H groups in total. The summed E-state index contributed by atoms with van der Waals surface area (Å²) in [6, 6.07) is 6.17. The van der Waals surface area contributed by atoms with Crippen molar-refractivity contribution in [2.45, 2.75) is 74.4 Å². The predicted molar refractivity (Wildman–Crippen MR) is 137 cm³/mol. The highest BCUT2D eigenvalue weighted by atomic mass is 16.7. The van der Waals surface area contributed by atoms with Gasteiger partial charge in [-0.25, -0.2) is 0 Å². The number of aromatic hydroxyl groups is 3. The van der Waals surface area contributed by atoms with Crippen LogP contribution in [-0.2, 0) is 14.2 Å². The lowest BCUT2D eigenvalue weighted by atomic mass is 9.98. The molecule has 15 heteroatoms. The molecule has 230 valence electrons. The molecule has 0 saturated carbocycles. The van der Waals surface area contributed by atoms with Gasteiger partial charge in [0.25, 0.3) is 0 Å². The van der Waals surface area contributed by atoms with E-state index in [1.54, 1.807) is 0 Å². The fourth-order valence-electron chi connectivity index (χ4n) is 4.89. The van der Waals surface area contributed by atoms with E-state index in [1.807, 2.05) is 0 Å². The molecule has 15 nitrogen and oxygen atoms in total. The second-order valence-electron chi connectivity index (χ2n) is 10.3. The SMILES string of the molecule is CC1OC(OC2=Cc3c(cc(O)cc3OC3OC(CO)C(O)C(O)C3O)OC2c2ccc(O)c(O)c2)C(O)C(O)C1O. The van der Waals surface area contributed by atoms with Crippen molar-refractivity contribution in [1.82, 2.24) is 0 Å². The number of hydrogen-bond acceptors (Lipinski definition) is 15. The Hall–Kier alpha value is -3.38. The van der Waals surface area contributed by atoms with Crippen LogP contribution in [0.3, 0.4) is 0 Å². The molecule has 0 aliphatic carbocycles. The first-order chi connectivity index (χ1) is 19.9. The summed E-state index contributed by atoms with van der Waals surface area (Å²) in [7, 11) is 0. The smallest absolute Gasteiger partial charge is 0.229 e. The van der Waals surface area contributed by atoms with Gasteiger partial charge in [0.15, 0.2) is 17.6 Å². The number of benzene rings is 2. The Morgan fingerprint density at radius 1 is 0.738 bits per heavy atom. The van der Waals surface area contributed by atoms with Crippen LogP contribution >= 0.6 is 0 Å². The Morgan fingerprint density at radius 3 is 2.07 bits per heavy atom. The molecule has 2 aromatic rings. The van der Waals surface area contributed by atoms with Crippen molar-refractivity contribution in [2.24, 2.45) is 0 Å². The van der Waals surface area contributed by atoms with Gasteiger partial charge in [-0.15, -0.1) is 0 Å². The van der Waals surface area contributed by atoms with Crippen LogP contribution in [0, 0.1) is 0 Å². The molecule has 3 aliphatic rings. The number of ether oxygens (including phenoxy) is 5. The van der Waals surface area contributed by atoms with Crippen LogP contribution in [0.5, 0.6) is 28.7 Å². The first-order valence-corrected chi connectivity index (χ1v) is 13.0. The molecule has 2 fully saturated rings. The summed E-state index contributed by atoms with van der Waals surface area (Å²) in [4.78, 5) is 0. The Kier molecular flexibility index (Phi) is 8.39. The van der Waals surface area contributed by atoms with Gasteiger partial charge in [0.1, 0.15) is 65.7 Å². The summed E-state index contributed by atoms with van der Waals surface area (Å²) < 4.78 is 28.8. The Bertz CT molecular complexity index is 1310. The van der Waals surface area contributed by atoms with E-state index < -0.39 is 85.6 Å². The molecule has 0 radical (unpaired) electrons. The van der Waals surface area contributed by atoms with Crippen LogP contribution < -0.4 is 9.47 Å². The highest BCUT2D eigenvalue weighted by Crippen LogP contribution is 2.46. The maximum atomic E-state index is 10.6. The topological polar surface area (TPSA) is 248 Å². The highest BCUT2D eigenvalue weighted by molar-refractivity contribution is 5.70. The van der Waals surface area contributed by atoms with Crippen LogP contribution in [0.2, 0.25) is 0 Å². The molecular weight excluding hydrogens is 564 g/mol. The summed E-state index contributed by atoms with van der Waals surface area (Å²) in [6.45, 7) is 0.760. The van der Waals surface area contributed by atoms with Gasteiger partial charge in [-0.1, -0.05) is 6.07 Å². The fraction of sp³-hybridized carbons (Fsp3) is 0.481. The number of hydrogen-bond donors (Lipinski definition) is 10. The first-order valence-electron chi connectivity index (χ1n) is 13.0. The average Bonchev–Trinajstić information content (AvgIpc) is 2.96. The predicted octanol–water partition coefficient (Wildman–Crippen LogP) is -1.70. The summed E-state index contributed by atoms with van der Waals surface area (Å²) in [5.41, 5.74) is 0.360. The molecule has 11 atom stereocenters. The van der Waals surface area contributed by atoms with Gasteiger partial charge < -0.3 is 74.7 Å². The summed E-state index contributed by atoms with van der Waals surface area (Å²) in [5, 5.41) is 101. The van der Waals surface area contributed by atoms with E-state index in [-0.39, 0.29) is 34.1 Å². The molecule has 11 unspecified atom stereocenters. The average molecular weight is 597 g/mol. The maximum absolute atomic E-state index is 10.6. The molecule has 2 aromatic carbocycles. The van der Waals surface area contributed by atoms with Gasteiger partial charge in [0.2, 0.25) is 12.6 Å². The minimum absolute atomic E-state index is 0.00782. The molecule has 2 saturated heterocycles. The van der Waals surface area contributed by atoms with Crippen molar-refractivity contribution in [2.75, 3.05) is 6.61 Å². The Morgan fingerprint density at radius 2 is 1.40 bits per heavy atom. The summed E-state index contributed by atoms with van der Waals surface area (Å²) >= 11 is 0. The second-order valence-corrected chi connectivity index (χ2v) is 10.3. The molecule has 3 heterocycles. The third-order valence-corrected chi connectivity index (χ3v) is 7.33. The quantitative estimate of drug-likeness (QED) is 0.167. The number of phenols is 3. The van der Waals surface area contributed by atoms with E-state index in [2.05, 4.69) is 0 Å². The highest BCUT2D eigenvalue weighted by Gasteiger charge is 2.46. The summed E-state index contributed by atoms with van der Waals surface area (Å²) in [6.07, 6.45) is -15.0. The van der Waals surface area contributed by atoms with E-state index in [0.29, 0.717) is 0 Å². The molecular formula is C27H32O15. The zero-order valence-electron chi connectivity index (χ0n) is 22.0. The van der Waals surface area contributed by atoms with E-state index >= 15 is 0 Å². The largest absolute Gasteiger partial charge is 0.508 e. The number of phenolic OH excluding ortho intramolecular Hbond substituents is 3. The summed E-state index contributed by atoms with van der Waals surface area (Å²) in [5.74, 6) is -1.46. The van der Waals surface area contributed by atoms with Crippen LogP contribution in [0.1, 0.15) is 24.2 Å². The molecule has 5 rings (SSSR count). The lowest BCUT2D eigenvalue weighted by Gasteiger charge is -2.41. The van der Waals surface area contributed by atoms with Crippen LogP contribution in [0.15, 0.2) is 36.1 Å². The van der Waals surface area contributed by atoms with Crippen molar-refractivity contribution < 1.29 is 74.7 Å². The van der Waals surface area contributed by atoms with Gasteiger partial charge >= 0.3 is 0 Å². The zero-order chi connectivity index (χ0) is 30.5. The van der Waals surface area contributed by atoms with E-state index in [4.69, 9.17) is 23.7 Å². The number of aliphatic hydroxyl groups is 7. The number of rotatable bonds is 6. The van der Waals surface area contributed by atoms with E-state index in [0.717, 1.165) is 6.07 Å². The van der Waals surface area contributed by atoms with Gasteiger partial charge in [-0.3, -0.25) is 0 Å². The van der Waals surface area contributed by atoms with Crippen LogP contribution in [0.25, 0.3) is 6.08 Å². The van der Waals surface area contributed by atoms with Crippen molar-refractivity contribution in [3.05, 3.63) is 47.2 Å². The maximum Gasteiger partial charge on any atom is 0.229 e. The molecule has 3 aliphatic heterocycles. The number of aliphatic hydroxyl groups excluding tert-OH is 7. The van der Waals surface area contributed by atoms with Crippen molar-refractivity contribution >= 4 is 6.08 Å². The molecule has 42 heavy (non-hydrogen) atoms. The molecule has 0 bridgehead atoms. The van der Waals surface area contributed by atoms with Gasteiger partial charge in [-0.2, -0.15) is 0 Å². The minimum Gasteiger partial charge on any atom is -0.508 e. The third kappa shape index (κ3) is 5.54. The molecule has 0 aromatic heterocycles. The van der Waals surface area contributed by atoms with Crippen LogP contribution in [-0.4, -0.2) is 119 Å². The van der Waals surface area contributed by atoms with Gasteiger partial charge in [-0.05, 0) is 25.1 Å². The second kappa shape index (κ2) is 11.7. The van der Waals surface area contributed by atoms with Crippen molar-refractivity contribution in [1.29, 1.82) is 0 Å². The lowest BCUT2D eigenvalue weighted by molar-refractivity contribution is -0.285. The molecule has 0 amide bonds. The normalized spacial score (nSPS) is 36.4. The Labute approximate surface area is 238 Å². The van der Waals surface area contributed by atoms with E-state index in [1.165, 1.54) is 37.3 Å². The standard InChI is InChI=1S/C27H32O15/c1-9-19(32)21(34)23(36)26(38-9)41-17-7-12-15(39-25(17)10-2-3-13(30)14(31)4-10)5-11(29)6-16(12)40-27-24(37)22(35)20(33)18(8-28)42-27/h2-7,9,18-37H,8H2,1H3. The third-order valence-electron chi connectivity index (χ3n) is 7.33. The van der Waals surface area contributed by atoms with E-state index in [9.17, 15) is 51.1 Å². The minimum atomic E-state index is -1.77. The first kappa shape index (κ1) is 30.1. The molecule has 0 spiro atoms. The Balaban J connectivity index is 1.54. The van der Waals surface area contributed by atoms with Crippen molar-refractivity contribution in [3.63, 3.8) is 0 Å². The number of fused-ring (bicyclic) bond motifs is 1. The zero-order valence-corrected chi connectivity index (χ0v) is 22.0. The fourth-order valence-corrected chi connectivity index (χ4v) is 4.89. The lowest BCUT2D eigenvalue weighted by Crippen LogP contribution is -2.60.